The van der Waals surface area contributed by atoms with Gasteiger partial charge in [0.25, 0.3) is 0 Å². The zero-order chi connectivity index (χ0) is 68.2. The third-order valence-electron chi connectivity index (χ3n) is 21.6. The van der Waals surface area contributed by atoms with E-state index in [-0.39, 0.29) is 33.5 Å². The van der Waals surface area contributed by atoms with Crippen LogP contribution in [0.15, 0.2) is 132 Å². The lowest BCUT2D eigenvalue weighted by molar-refractivity contribution is -0.216. The predicted molar refractivity (Wildman–Crippen MR) is 386 cm³/mol. The molecule has 3 aliphatic heterocycles. The normalized spacial score (nSPS) is 21.8. The lowest BCUT2D eigenvalue weighted by Gasteiger charge is -2.53. The number of carboxylic acids is 3. The number of aromatic nitrogens is 3. The highest BCUT2D eigenvalue weighted by molar-refractivity contribution is 7.22. The quantitative estimate of drug-likeness (QED) is 0.0869. The van der Waals surface area contributed by atoms with Crippen LogP contribution in [0.3, 0.4) is 0 Å². The first-order valence-electron chi connectivity index (χ1n) is 34.1. The minimum absolute atomic E-state index is 0.0937. The molecule has 9 heterocycles. The molecular formula is C81H75N3O13S2. The van der Waals surface area contributed by atoms with E-state index in [2.05, 4.69) is 38.1 Å². The Morgan fingerprint density at radius 2 is 0.778 bits per heavy atom. The molecule has 0 bridgehead atoms. The largest absolute Gasteiger partial charge is 0.493 e. The summed E-state index contributed by atoms with van der Waals surface area (Å²) in [6.07, 6.45) is 9.54. The fraction of sp³-hybridized carbons (Fsp3) is 0.333. The minimum Gasteiger partial charge on any atom is -0.493 e. The van der Waals surface area contributed by atoms with E-state index in [4.69, 9.17) is 47.8 Å². The van der Waals surface area contributed by atoms with Gasteiger partial charge in [-0.2, -0.15) is 0 Å². The molecule has 16 nitrogen and oxygen atoms in total. The number of carbonyl (C=O) groups is 3. The van der Waals surface area contributed by atoms with Crippen molar-refractivity contribution < 1.29 is 62.5 Å². The molecule has 99 heavy (non-hydrogen) atoms. The van der Waals surface area contributed by atoms with Crippen LogP contribution < -0.4 is 14.2 Å². The number of fused-ring (bicyclic) bond motifs is 6. The number of nitrogens with zero attached hydrogens (tertiary/aromatic N) is 3. The van der Waals surface area contributed by atoms with Crippen LogP contribution >= 0.6 is 22.7 Å². The summed E-state index contributed by atoms with van der Waals surface area (Å²) in [5.74, 6) is 0.707. The van der Waals surface area contributed by atoms with Gasteiger partial charge in [-0.1, -0.05) is 72.8 Å². The maximum atomic E-state index is 12.4. The molecule has 3 saturated carbocycles. The third kappa shape index (κ3) is 11.6. The van der Waals surface area contributed by atoms with E-state index in [0.717, 1.165) is 132 Å². The third-order valence-corrected chi connectivity index (χ3v) is 24.2. The van der Waals surface area contributed by atoms with E-state index in [1.165, 1.54) is 20.2 Å². The van der Waals surface area contributed by atoms with Crippen LogP contribution in [0.2, 0.25) is 0 Å². The van der Waals surface area contributed by atoms with E-state index < -0.39 is 17.9 Å². The number of aryl methyl sites for hydroxylation is 6. The van der Waals surface area contributed by atoms with Gasteiger partial charge in [-0.3, -0.25) is 0 Å². The van der Waals surface area contributed by atoms with Gasteiger partial charge in [0, 0.05) is 20.3 Å². The molecule has 6 fully saturated rings. The fourth-order valence-corrected chi connectivity index (χ4v) is 18.2. The number of hydrogen-bond donors (Lipinski definition) is 3. The van der Waals surface area contributed by atoms with E-state index in [1.807, 2.05) is 113 Å². The van der Waals surface area contributed by atoms with Crippen LogP contribution in [0.4, 0.5) is 0 Å². The molecule has 0 unspecified atom stereocenters. The minimum atomic E-state index is -1.02. The van der Waals surface area contributed by atoms with Crippen LogP contribution in [0, 0.1) is 59.3 Å². The molecule has 12 aromatic rings. The monoisotopic (exact) mass is 1360 g/mol. The van der Waals surface area contributed by atoms with Crippen molar-refractivity contribution in [1.29, 1.82) is 0 Å². The summed E-state index contributed by atoms with van der Waals surface area (Å²) in [5, 5.41) is 35.4. The molecule has 3 spiro atoms. The topological polar surface area (TPSA) is 219 Å². The molecular weight excluding hydrogens is 1290 g/mol. The van der Waals surface area contributed by atoms with Crippen molar-refractivity contribution in [3.63, 3.8) is 0 Å². The fourth-order valence-electron chi connectivity index (χ4n) is 15.9. The molecule has 6 aromatic heterocycles. The number of carboxylic acid groups (broad SMARTS) is 3. The number of ether oxygens (including phenoxy) is 6. The highest BCUT2D eigenvalue weighted by Gasteiger charge is 2.52. The van der Waals surface area contributed by atoms with Crippen molar-refractivity contribution in [2.75, 3.05) is 39.6 Å². The Labute approximate surface area is 579 Å². The number of hydrogen-bond acceptors (Lipinski definition) is 15. The van der Waals surface area contributed by atoms with E-state index in [9.17, 15) is 29.7 Å². The van der Waals surface area contributed by atoms with Crippen LogP contribution in [0.1, 0.15) is 122 Å². The zero-order valence-corrected chi connectivity index (χ0v) is 57.7. The highest BCUT2D eigenvalue weighted by Crippen LogP contribution is 2.52. The van der Waals surface area contributed by atoms with Gasteiger partial charge >= 0.3 is 17.9 Å². The van der Waals surface area contributed by atoms with Gasteiger partial charge in [0.05, 0.1) is 127 Å². The van der Waals surface area contributed by atoms with Crippen molar-refractivity contribution in [2.24, 2.45) is 17.8 Å². The lowest BCUT2D eigenvalue weighted by Crippen LogP contribution is -2.55. The van der Waals surface area contributed by atoms with Crippen molar-refractivity contribution in [1.82, 2.24) is 15.0 Å². The Kier molecular flexibility index (Phi) is 16.4. The maximum Gasteiger partial charge on any atom is 0.336 e. The van der Waals surface area contributed by atoms with Crippen molar-refractivity contribution in [3.8, 4) is 49.8 Å². The maximum absolute atomic E-state index is 12.4. The SMILES string of the molecule is Cc1c(-c2cc(C(=O)O)c3c(OCC4CC5(CCO5)C4)ccc(C)c3n2)oc2ccccc12.Cc1c(-c2cc(C(=O)O)c3c(OCC4CC5(CCO5)C4)ccc(C)c3n2)sc2ccccc12.Cc1c(-c2cc(C(=O)O)c3c(OCC4CC5(CCO5)C4)ccc(C)c3n2)sc2ccccc12. The van der Waals surface area contributed by atoms with Crippen molar-refractivity contribution in [3.05, 3.63) is 177 Å². The summed E-state index contributed by atoms with van der Waals surface area (Å²) < 4.78 is 44.1. The zero-order valence-electron chi connectivity index (χ0n) is 56.0. The number of benzene rings is 6. The van der Waals surface area contributed by atoms with Gasteiger partial charge in [-0.25, -0.2) is 29.3 Å². The summed E-state index contributed by atoms with van der Waals surface area (Å²) in [5.41, 5.74) is 11.5. The van der Waals surface area contributed by atoms with E-state index in [1.54, 1.807) is 40.9 Å². The van der Waals surface area contributed by atoms with Gasteiger partial charge in [0.1, 0.15) is 28.5 Å². The molecule has 3 N–H and O–H groups in total. The molecule has 3 saturated heterocycles. The second kappa shape index (κ2) is 25.1. The average molecular weight is 1360 g/mol. The van der Waals surface area contributed by atoms with Crippen LogP contribution in [-0.4, -0.2) is 105 Å². The Morgan fingerprint density at radius 1 is 0.444 bits per heavy atom. The first-order valence-corrected chi connectivity index (χ1v) is 35.7. The summed E-state index contributed by atoms with van der Waals surface area (Å²) in [4.78, 5) is 53.8. The van der Waals surface area contributed by atoms with Crippen molar-refractivity contribution in [2.45, 2.75) is 116 Å². The Morgan fingerprint density at radius 3 is 1.11 bits per heavy atom. The van der Waals surface area contributed by atoms with Gasteiger partial charge in [0.2, 0.25) is 0 Å². The molecule has 18 heteroatoms. The Hall–Kier alpha value is -9.30. The molecule has 0 amide bonds. The number of aromatic carboxylic acids is 3. The molecule has 504 valence electrons. The predicted octanol–water partition coefficient (Wildman–Crippen LogP) is 18.7. The second-order valence-electron chi connectivity index (χ2n) is 28.2. The summed E-state index contributed by atoms with van der Waals surface area (Å²) in [6.45, 7) is 16.3. The highest BCUT2D eigenvalue weighted by atomic mass is 32.1. The number of para-hydroxylation sites is 1. The van der Waals surface area contributed by atoms with Gasteiger partial charge in [0.15, 0.2) is 5.76 Å². The summed E-state index contributed by atoms with van der Waals surface area (Å²) >= 11 is 3.30. The second-order valence-corrected chi connectivity index (χ2v) is 30.3. The molecule has 0 atom stereocenters. The van der Waals surface area contributed by atoms with Gasteiger partial charge in [-0.05, 0) is 210 Å². The number of pyridine rings is 3. The van der Waals surface area contributed by atoms with Crippen LogP contribution in [0.25, 0.3) is 96.4 Å². The number of rotatable bonds is 15. The smallest absolute Gasteiger partial charge is 0.336 e. The number of thiophene rings is 2. The molecule has 18 rings (SSSR count). The van der Waals surface area contributed by atoms with Gasteiger partial charge in [-0.15, -0.1) is 22.7 Å². The molecule has 6 aromatic carbocycles. The lowest BCUT2D eigenvalue weighted by atomic mass is 9.67. The van der Waals surface area contributed by atoms with Gasteiger partial charge < -0.3 is 48.2 Å². The first kappa shape index (κ1) is 64.4. The molecule has 3 aliphatic carbocycles. The number of furan rings is 1. The summed E-state index contributed by atoms with van der Waals surface area (Å²) in [6, 6.07) is 40.7. The standard InChI is InChI=1S/C27H25NO5.2C27H25NO4S/c1-15-7-8-22(31-14-17-12-27(13-17)9-10-32-27)23-19(26(29)30)11-20(28-24(15)23)25-16(2)18-5-3-4-6-21(18)33-25;2*1-15-7-8-21(31-14-17-12-27(13-17)9-10-32-27)23-19(26(29)30)11-20(28-24(15)23)25-16(2)18-5-3-4-6-22(18)33-25/h3*3-8,11,17H,9-10,12-14H2,1-2H3,(H,29,30). The first-order chi connectivity index (χ1) is 47.8. The van der Waals surface area contributed by atoms with E-state index in [0.29, 0.717) is 110 Å². The average Bonchev–Trinajstić information content (AvgIpc) is 1.74. The van der Waals surface area contributed by atoms with Crippen molar-refractivity contribution >= 4 is 104 Å². The molecule has 0 radical (unpaired) electrons. The summed E-state index contributed by atoms with van der Waals surface area (Å²) in [7, 11) is 0. The van der Waals surface area contributed by atoms with Crippen LogP contribution in [0.5, 0.6) is 17.2 Å². The molecule has 6 aliphatic rings. The van der Waals surface area contributed by atoms with E-state index >= 15 is 0 Å². The Bertz CT molecular complexity index is 4750. The Balaban J connectivity index is 0.000000116. The van der Waals surface area contributed by atoms with Crippen LogP contribution in [-0.2, 0) is 14.2 Å².